The summed E-state index contributed by atoms with van der Waals surface area (Å²) in [5.41, 5.74) is 2.26. The number of pyridine rings is 1. The maximum Gasteiger partial charge on any atom is 0.234 e. The van der Waals surface area contributed by atoms with E-state index in [4.69, 9.17) is 0 Å². The number of hydrogen-bond donors (Lipinski definition) is 1. The summed E-state index contributed by atoms with van der Waals surface area (Å²) in [4.78, 5) is 18.6. The van der Waals surface area contributed by atoms with E-state index in [0.717, 1.165) is 25.0 Å². The smallest absolute Gasteiger partial charge is 0.234 e. The third kappa shape index (κ3) is 5.76. The fourth-order valence-electron chi connectivity index (χ4n) is 3.03. The average Bonchev–Trinajstić information content (AvgIpc) is 2.76. The number of rotatable bonds is 6. The number of aryl methyl sites for hydroxylation is 1. The van der Waals surface area contributed by atoms with Crippen LogP contribution in [0.3, 0.4) is 0 Å². The molecule has 0 saturated heterocycles. The predicted octanol–water partition coefficient (Wildman–Crippen LogP) is 2.91. The number of amides is 1. The lowest BCUT2D eigenvalue weighted by molar-refractivity contribution is -0.122. The molecular formula is C18H29N3O. The summed E-state index contributed by atoms with van der Waals surface area (Å²) in [5, 5.41) is 3.19. The van der Waals surface area contributed by atoms with Crippen molar-refractivity contribution < 1.29 is 4.79 Å². The van der Waals surface area contributed by atoms with Gasteiger partial charge in [0, 0.05) is 18.8 Å². The molecule has 122 valence electrons. The van der Waals surface area contributed by atoms with Gasteiger partial charge in [0.1, 0.15) is 0 Å². The first-order valence-electron chi connectivity index (χ1n) is 8.59. The van der Waals surface area contributed by atoms with Crippen molar-refractivity contribution in [3.63, 3.8) is 0 Å². The molecule has 4 heteroatoms. The van der Waals surface area contributed by atoms with Gasteiger partial charge in [-0.15, -0.1) is 0 Å². The van der Waals surface area contributed by atoms with E-state index in [1.165, 1.54) is 31.2 Å². The SMILES string of the molecule is CCc1ccc(CN(C)CC(=O)NC2CCCCCC2)nc1. The zero-order valence-electron chi connectivity index (χ0n) is 14.0. The lowest BCUT2D eigenvalue weighted by atomic mass is 10.1. The van der Waals surface area contributed by atoms with Crippen LogP contribution in [-0.4, -0.2) is 35.4 Å². The monoisotopic (exact) mass is 303 g/mol. The van der Waals surface area contributed by atoms with Crippen LogP contribution in [0, 0.1) is 0 Å². The van der Waals surface area contributed by atoms with Gasteiger partial charge in [0.2, 0.25) is 5.91 Å². The molecule has 0 aromatic carbocycles. The highest BCUT2D eigenvalue weighted by molar-refractivity contribution is 5.78. The van der Waals surface area contributed by atoms with Crippen molar-refractivity contribution >= 4 is 5.91 Å². The van der Waals surface area contributed by atoms with Gasteiger partial charge in [-0.3, -0.25) is 14.7 Å². The maximum atomic E-state index is 12.2. The van der Waals surface area contributed by atoms with Crippen LogP contribution in [0.4, 0.5) is 0 Å². The van der Waals surface area contributed by atoms with Crippen molar-refractivity contribution in [2.45, 2.75) is 64.5 Å². The van der Waals surface area contributed by atoms with Crippen molar-refractivity contribution in [3.05, 3.63) is 29.6 Å². The van der Waals surface area contributed by atoms with Gasteiger partial charge in [-0.2, -0.15) is 0 Å². The van der Waals surface area contributed by atoms with Gasteiger partial charge in [0.05, 0.1) is 12.2 Å². The largest absolute Gasteiger partial charge is 0.352 e. The van der Waals surface area contributed by atoms with Crippen molar-refractivity contribution in [1.82, 2.24) is 15.2 Å². The number of carbonyl (C=O) groups excluding carboxylic acids is 1. The quantitative estimate of drug-likeness (QED) is 0.822. The van der Waals surface area contributed by atoms with Crippen LogP contribution < -0.4 is 5.32 Å². The number of likely N-dealkylation sites (N-methyl/N-ethyl adjacent to an activating group) is 1. The Morgan fingerprint density at radius 1 is 1.27 bits per heavy atom. The molecule has 1 N–H and O–H groups in total. The van der Waals surface area contributed by atoms with Gasteiger partial charge in [-0.05, 0) is 37.9 Å². The molecule has 1 amide bonds. The topological polar surface area (TPSA) is 45.2 Å². The fraction of sp³-hybridized carbons (Fsp3) is 0.667. The summed E-state index contributed by atoms with van der Waals surface area (Å²) in [6.45, 7) is 3.27. The van der Waals surface area contributed by atoms with Gasteiger partial charge >= 0.3 is 0 Å². The first kappa shape index (κ1) is 16.9. The van der Waals surface area contributed by atoms with Crippen LogP contribution in [-0.2, 0) is 17.8 Å². The number of aromatic nitrogens is 1. The molecule has 2 rings (SSSR count). The molecular weight excluding hydrogens is 274 g/mol. The minimum absolute atomic E-state index is 0.138. The summed E-state index contributed by atoms with van der Waals surface area (Å²) >= 11 is 0. The highest BCUT2D eigenvalue weighted by atomic mass is 16.2. The van der Waals surface area contributed by atoms with E-state index in [-0.39, 0.29) is 5.91 Å². The Balaban J connectivity index is 1.75. The second kappa shape index (κ2) is 8.89. The molecule has 1 aliphatic rings. The van der Waals surface area contributed by atoms with Crippen LogP contribution in [0.15, 0.2) is 18.3 Å². The molecule has 0 unspecified atom stereocenters. The molecule has 0 atom stereocenters. The second-order valence-corrected chi connectivity index (χ2v) is 6.44. The van der Waals surface area contributed by atoms with E-state index in [1.54, 1.807) is 0 Å². The first-order chi connectivity index (χ1) is 10.7. The van der Waals surface area contributed by atoms with Crippen LogP contribution in [0.5, 0.6) is 0 Å². The molecule has 0 radical (unpaired) electrons. The minimum Gasteiger partial charge on any atom is -0.352 e. The molecule has 0 aliphatic heterocycles. The van der Waals surface area contributed by atoms with Gasteiger partial charge in [0.25, 0.3) is 0 Å². The highest BCUT2D eigenvalue weighted by Gasteiger charge is 2.15. The number of carbonyl (C=O) groups is 1. The zero-order valence-corrected chi connectivity index (χ0v) is 14.0. The molecule has 4 nitrogen and oxygen atoms in total. The van der Waals surface area contributed by atoms with Crippen molar-refractivity contribution in [2.24, 2.45) is 0 Å². The number of hydrogen-bond acceptors (Lipinski definition) is 3. The number of nitrogens with zero attached hydrogens (tertiary/aromatic N) is 2. The molecule has 1 saturated carbocycles. The molecule has 1 fully saturated rings. The Kier molecular flexibility index (Phi) is 6.84. The van der Waals surface area contributed by atoms with Crippen LogP contribution in [0.1, 0.15) is 56.7 Å². The highest BCUT2D eigenvalue weighted by Crippen LogP contribution is 2.17. The summed E-state index contributed by atoms with van der Waals surface area (Å²) in [7, 11) is 1.97. The molecule has 1 aromatic rings. The van der Waals surface area contributed by atoms with Gasteiger partial charge in [-0.25, -0.2) is 0 Å². The lowest BCUT2D eigenvalue weighted by Crippen LogP contribution is -2.40. The molecule has 1 aliphatic carbocycles. The molecule has 22 heavy (non-hydrogen) atoms. The maximum absolute atomic E-state index is 12.2. The van der Waals surface area contributed by atoms with Gasteiger partial charge in [0.15, 0.2) is 0 Å². The Bertz CT molecular complexity index is 450. The van der Waals surface area contributed by atoms with Crippen LogP contribution >= 0.6 is 0 Å². The van der Waals surface area contributed by atoms with E-state index < -0.39 is 0 Å². The third-order valence-corrected chi connectivity index (χ3v) is 4.36. The average molecular weight is 303 g/mol. The van der Waals surface area contributed by atoms with Gasteiger partial charge < -0.3 is 5.32 Å². The predicted molar refractivity (Wildman–Crippen MR) is 89.6 cm³/mol. The lowest BCUT2D eigenvalue weighted by Gasteiger charge is -2.20. The Hall–Kier alpha value is -1.42. The Morgan fingerprint density at radius 3 is 2.59 bits per heavy atom. The minimum atomic E-state index is 0.138. The number of nitrogens with one attached hydrogen (secondary N) is 1. The Labute approximate surface area is 134 Å². The van der Waals surface area contributed by atoms with Crippen molar-refractivity contribution in [3.8, 4) is 0 Å². The molecule has 1 heterocycles. The van der Waals surface area contributed by atoms with E-state index >= 15 is 0 Å². The van der Waals surface area contributed by atoms with E-state index in [9.17, 15) is 4.79 Å². The first-order valence-corrected chi connectivity index (χ1v) is 8.59. The van der Waals surface area contributed by atoms with Gasteiger partial charge in [-0.1, -0.05) is 38.7 Å². The van der Waals surface area contributed by atoms with Crippen molar-refractivity contribution in [2.75, 3.05) is 13.6 Å². The standard InChI is InChI=1S/C18H29N3O/c1-3-15-10-11-17(19-12-15)13-21(2)14-18(22)20-16-8-6-4-5-7-9-16/h10-12,16H,3-9,13-14H2,1-2H3,(H,20,22). The van der Waals surface area contributed by atoms with E-state index in [0.29, 0.717) is 19.1 Å². The van der Waals surface area contributed by atoms with Crippen LogP contribution in [0.2, 0.25) is 0 Å². The molecule has 0 spiro atoms. The van der Waals surface area contributed by atoms with E-state index in [2.05, 4.69) is 29.4 Å². The molecule has 0 bridgehead atoms. The van der Waals surface area contributed by atoms with E-state index in [1.807, 2.05) is 18.1 Å². The summed E-state index contributed by atoms with van der Waals surface area (Å²) < 4.78 is 0. The fourth-order valence-corrected chi connectivity index (χ4v) is 3.03. The summed E-state index contributed by atoms with van der Waals surface area (Å²) in [6.07, 6.45) is 10.3. The third-order valence-electron chi connectivity index (χ3n) is 4.36. The summed E-state index contributed by atoms with van der Waals surface area (Å²) in [5.74, 6) is 0.138. The summed E-state index contributed by atoms with van der Waals surface area (Å²) in [6, 6.07) is 4.55. The van der Waals surface area contributed by atoms with Crippen LogP contribution in [0.25, 0.3) is 0 Å². The second-order valence-electron chi connectivity index (χ2n) is 6.44. The van der Waals surface area contributed by atoms with Crippen molar-refractivity contribution in [1.29, 1.82) is 0 Å². The molecule has 1 aromatic heterocycles. The Morgan fingerprint density at radius 2 is 2.00 bits per heavy atom. The zero-order chi connectivity index (χ0) is 15.8. The normalized spacial score (nSPS) is 16.5.